The standard InChI is InChI=1S/C25H24F3N5O4S/c1-13-8-29-23(38-13)18-6-15(22(35)32-14(2)16-9-30-24(31-10-16)25(26,27)28)7-19-21(18)37-12-20(34)33(19)11-17-4-3-5-36-17/h6-10,14,17H,3-5,11-12H2,1-2H3,(H,32,35). The molecule has 2 amide bonds. The molecule has 1 saturated heterocycles. The third kappa shape index (κ3) is 5.34. The fourth-order valence-corrected chi connectivity index (χ4v) is 5.12. The minimum absolute atomic E-state index is 0.118. The second-order valence-corrected chi connectivity index (χ2v) is 10.3. The predicted molar refractivity (Wildman–Crippen MR) is 132 cm³/mol. The molecular weight excluding hydrogens is 523 g/mol. The molecule has 5 rings (SSSR count). The highest BCUT2D eigenvalue weighted by atomic mass is 32.1. The molecule has 0 radical (unpaired) electrons. The summed E-state index contributed by atoms with van der Waals surface area (Å²) in [6, 6.07) is 2.53. The van der Waals surface area contributed by atoms with Crippen LogP contribution in [0.25, 0.3) is 10.6 Å². The van der Waals surface area contributed by atoms with Crippen molar-refractivity contribution < 1.29 is 32.2 Å². The summed E-state index contributed by atoms with van der Waals surface area (Å²) in [4.78, 5) is 39.9. The predicted octanol–water partition coefficient (Wildman–Crippen LogP) is 4.32. The number of nitrogens with zero attached hydrogens (tertiary/aromatic N) is 4. The Hall–Kier alpha value is -3.58. The van der Waals surface area contributed by atoms with Crippen molar-refractivity contribution in [3.05, 3.63) is 52.6 Å². The number of benzene rings is 1. The number of aryl methyl sites for hydroxylation is 1. The normalized spacial score (nSPS) is 18.2. The van der Waals surface area contributed by atoms with Crippen LogP contribution in [0.3, 0.4) is 0 Å². The van der Waals surface area contributed by atoms with Gasteiger partial charge in [0.2, 0.25) is 5.82 Å². The molecule has 0 aliphatic carbocycles. The van der Waals surface area contributed by atoms with Crippen molar-refractivity contribution in [3.63, 3.8) is 0 Å². The molecule has 38 heavy (non-hydrogen) atoms. The van der Waals surface area contributed by atoms with Crippen LogP contribution in [0.4, 0.5) is 18.9 Å². The lowest BCUT2D eigenvalue weighted by atomic mass is 10.0. The molecule has 2 aromatic heterocycles. The number of carbonyl (C=O) groups is 2. The Labute approximate surface area is 220 Å². The Balaban J connectivity index is 1.48. The van der Waals surface area contributed by atoms with E-state index in [4.69, 9.17) is 9.47 Å². The minimum atomic E-state index is -4.66. The molecule has 2 aliphatic rings. The molecule has 200 valence electrons. The fourth-order valence-electron chi connectivity index (χ4n) is 4.34. The van der Waals surface area contributed by atoms with E-state index in [0.29, 0.717) is 40.7 Å². The van der Waals surface area contributed by atoms with Crippen LogP contribution in [-0.4, -0.2) is 52.6 Å². The van der Waals surface area contributed by atoms with Crippen molar-refractivity contribution in [2.75, 3.05) is 24.7 Å². The zero-order valence-corrected chi connectivity index (χ0v) is 21.4. The van der Waals surface area contributed by atoms with Gasteiger partial charge in [0.25, 0.3) is 11.8 Å². The summed E-state index contributed by atoms with van der Waals surface area (Å²) < 4.78 is 50.0. The lowest BCUT2D eigenvalue weighted by Gasteiger charge is -2.32. The number of fused-ring (bicyclic) bond motifs is 1. The van der Waals surface area contributed by atoms with Crippen LogP contribution in [0.2, 0.25) is 0 Å². The third-order valence-electron chi connectivity index (χ3n) is 6.30. The maximum absolute atomic E-state index is 13.3. The first kappa shape index (κ1) is 26.0. The van der Waals surface area contributed by atoms with Gasteiger partial charge in [-0.2, -0.15) is 13.2 Å². The highest BCUT2D eigenvalue weighted by Gasteiger charge is 2.35. The van der Waals surface area contributed by atoms with E-state index in [1.54, 1.807) is 30.2 Å². The highest BCUT2D eigenvalue weighted by molar-refractivity contribution is 7.15. The zero-order valence-electron chi connectivity index (χ0n) is 20.5. The van der Waals surface area contributed by atoms with Crippen LogP contribution >= 0.6 is 11.3 Å². The molecule has 0 saturated carbocycles. The molecule has 1 aromatic carbocycles. The SMILES string of the molecule is Cc1cnc(-c2cc(C(=O)NC(C)c3cnc(C(F)(F)F)nc3)cc3c2OCC(=O)N3CC2CCCO2)s1. The summed E-state index contributed by atoms with van der Waals surface area (Å²) >= 11 is 1.42. The second-order valence-electron chi connectivity index (χ2n) is 9.11. The summed E-state index contributed by atoms with van der Waals surface area (Å²) in [7, 11) is 0. The Bertz CT molecular complexity index is 1360. The number of alkyl halides is 3. The number of aromatic nitrogens is 3. The molecule has 1 fully saturated rings. The maximum Gasteiger partial charge on any atom is 0.451 e. The number of hydrogen-bond donors (Lipinski definition) is 1. The summed E-state index contributed by atoms with van der Waals surface area (Å²) in [5.41, 5.74) is 1.56. The van der Waals surface area contributed by atoms with Gasteiger partial charge in [-0.1, -0.05) is 0 Å². The molecule has 9 nitrogen and oxygen atoms in total. The molecule has 13 heteroatoms. The molecule has 0 bridgehead atoms. The zero-order chi connectivity index (χ0) is 27.0. The van der Waals surface area contributed by atoms with E-state index in [1.807, 2.05) is 6.92 Å². The van der Waals surface area contributed by atoms with E-state index >= 15 is 0 Å². The van der Waals surface area contributed by atoms with Gasteiger partial charge in [0.15, 0.2) is 12.4 Å². The number of ether oxygens (including phenoxy) is 2. The number of carbonyl (C=O) groups excluding carboxylic acids is 2. The van der Waals surface area contributed by atoms with Crippen molar-refractivity contribution >= 4 is 28.8 Å². The van der Waals surface area contributed by atoms with Gasteiger partial charge >= 0.3 is 6.18 Å². The summed E-state index contributed by atoms with van der Waals surface area (Å²) in [6.07, 6.45) is 0.740. The summed E-state index contributed by atoms with van der Waals surface area (Å²) in [5, 5.41) is 3.40. The van der Waals surface area contributed by atoms with Gasteiger partial charge in [0, 0.05) is 41.2 Å². The van der Waals surface area contributed by atoms with E-state index in [0.717, 1.165) is 30.1 Å². The number of nitrogens with one attached hydrogen (secondary N) is 1. The van der Waals surface area contributed by atoms with Gasteiger partial charge in [-0.3, -0.25) is 9.59 Å². The average molecular weight is 548 g/mol. The van der Waals surface area contributed by atoms with Crippen molar-refractivity contribution in [1.29, 1.82) is 0 Å². The first-order valence-corrected chi connectivity index (χ1v) is 12.8. The topological polar surface area (TPSA) is 107 Å². The largest absolute Gasteiger partial charge is 0.481 e. The van der Waals surface area contributed by atoms with Crippen LogP contribution in [0.15, 0.2) is 30.7 Å². The van der Waals surface area contributed by atoms with Gasteiger partial charge < -0.3 is 19.7 Å². The Kier molecular flexibility index (Phi) is 7.05. The quantitative estimate of drug-likeness (QED) is 0.490. The number of halogens is 3. The lowest BCUT2D eigenvalue weighted by Crippen LogP contribution is -2.43. The van der Waals surface area contributed by atoms with Crippen LogP contribution in [0.1, 0.15) is 52.4 Å². The van der Waals surface area contributed by atoms with Crippen molar-refractivity contribution in [1.82, 2.24) is 20.3 Å². The van der Waals surface area contributed by atoms with Crippen molar-refractivity contribution in [2.45, 2.75) is 45.0 Å². The molecular formula is C25H24F3N5O4S. The average Bonchev–Trinajstić information content (AvgIpc) is 3.56. The van der Waals surface area contributed by atoms with E-state index in [9.17, 15) is 22.8 Å². The van der Waals surface area contributed by atoms with Gasteiger partial charge in [-0.15, -0.1) is 11.3 Å². The van der Waals surface area contributed by atoms with E-state index in [-0.39, 0.29) is 24.2 Å². The molecule has 2 unspecified atom stereocenters. The molecule has 4 heterocycles. The summed E-state index contributed by atoms with van der Waals surface area (Å²) in [5.74, 6) is -1.54. The Morgan fingerprint density at radius 3 is 2.63 bits per heavy atom. The number of hydrogen-bond acceptors (Lipinski definition) is 8. The first-order chi connectivity index (χ1) is 18.1. The van der Waals surface area contributed by atoms with Crippen LogP contribution in [-0.2, 0) is 15.7 Å². The Morgan fingerprint density at radius 1 is 1.24 bits per heavy atom. The number of thiazole rings is 1. The van der Waals surface area contributed by atoms with Gasteiger partial charge in [-0.25, -0.2) is 15.0 Å². The third-order valence-corrected chi connectivity index (χ3v) is 7.24. The van der Waals surface area contributed by atoms with Gasteiger partial charge in [0.1, 0.15) is 5.01 Å². The van der Waals surface area contributed by atoms with Crippen LogP contribution in [0, 0.1) is 6.92 Å². The number of anilines is 1. The molecule has 2 atom stereocenters. The van der Waals surface area contributed by atoms with Crippen LogP contribution in [0.5, 0.6) is 5.75 Å². The first-order valence-electron chi connectivity index (χ1n) is 12.0. The monoisotopic (exact) mass is 547 g/mol. The molecule has 0 spiro atoms. The highest BCUT2D eigenvalue weighted by Crippen LogP contribution is 2.43. The van der Waals surface area contributed by atoms with Gasteiger partial charge in [0.05, 0.1) is 29.9 Å². The second kappa shape index (κ2) is 10.3. The number of amides is 2. The molecule has 1 N–H and O–H groups in total. The number of rotatable bonds is 6. The minimum Gasteiger partial charge on any atom is -0.481 e. The molecule has 2 aliphatic heterocycles. The van der Waals surface area contributed by atoms with Crippen molar-refractivity contribution in [3.8, 4) is 16.3 Å². The van der Waals surface area contributed by atoms with E-state index < -0.39 is 23.9 Å². The van der Waals surface area contributed by atoms with Crippen molar-refractivity contribution in [2.24, 2.45) is 0 Å². The maximum atomic E-state index is 13.3. The lowest BCUT2D eigenvalue weighted by molar-refractivity contribution is -0.145. The van der Waals surface area contributed by atoms with Crippen LogP contribution < -0.4 is 15.0 Å². The van der Waals surface area contributed by atoms with E-state index in [1.165, 1.54) is 11.3 Å². The van der Waals surface area contributed by atoms with E-state index in [2.05, 4.69) is 20.3 Å². The van der Waals surface area contributed by atoms with Gasteiger partial charge in [-0.05, 0) is 38.8 Å². The fraction of sp³-hybridized carbons (Fsp3) is 0.400. The summed E-state index contributed by atoms with van der Waals surface area (Å²) in [6.45, 7) is 4.34. The molecule has 3 aromatic rings. The Morgan fingerprint density at radius 2 is 2.00 bits per heavy atom. The smallest absolute Gasteiger partial charge is 0.451 e.